The van der Waals surface area contributed by atoms with Crippen molar-refractivity contribution in [2.45, 2.75) is 16.8 Å². The lowest BCUT2D eigenvalue weighted by Gasteiger charge is -2.31. The number of allylic oxidation sites excluding steroid dienone is 1. The molecule has 1 heterocycles. The zero-order valence-electron chi connectivity index (χ0n) is 12.7. The van der Waals surface area contributed by atoms with Crippen LogP contribution in [0.4, 0.5) is 8.78 Å². The highest BCUT2D eigenvalue weighted by Crippen LogP contribution is 2.30. The molecular weight excluding hydrogens is 419 g/mol. The van der Waals surface area contributed by atoms with Gasteiger partial charge in [-0.05, 0) is 36.2 Å². The number of benzene rings is 1. The Morgan fingerprint density at radius 2 is 2.00 bits per heavy atom. The van der Waals surface area contributed by atoms with Gasteiger partial charge in [-0.25, -0.2) is 8.78 Å². The zero-order chi connectivity index (χ0) is 16.8. The molecule has 0 radical (unpaired) electrons. The first-order valence-electron chi connectivity index (χ1n) is 7.19. The summed E-state index contributed by atoms with van der Waals surface area (Å²) < 4.78 is 35.7. The number of amides is 1. The van der Waals surface area contributed by atoms with Crippen LogP contribution >= 0.6 is 22.6 Å². The summed E-state index contributed by atoms with van der Waals surface area (Å²) in [4.78, 5) is 13.4. The topological polar surface area (TPSA) is 38.8 Å². The van der Waals surface area contributed by atoms with Crippen molar-refractivity contribution in [2.24, 2.45) is 0 Å². The number of hydrogen-bond acceptors (Lipinski definition) is 3. The summed E-state index contributed by atoms with van der Waals surface area (Å²) in [6.07, 6.45) is -0.192. The molecule has 0 bridgehead atoms. The molecule has 0 saturated heterocycles. The van der Waals surface area contributed by atoms with Crippen LogP contribution in [0.3, 0.4) is 0 Å². The van der Waals surface area contributed by atoms with Crippen molar-refractivity contribution in [1.82, 2.24) is 4.90 Å². The Kier molecular flexibility index (Phi) is 6.76. The molecule has 1 aromatic carbocycles. The van der Waals surface area contributed by atoms with Gasteiger partial charge in [-0.3, -0.25) is 4.79 Å². The van der Waals surface area contributed by atoms with Gasteiger partial charge in [-0.1, -0.05) is 28.7 Å². The van der Waals surface area contributed by atoms with Crippen LogP contribution in [0.1, 0.15) is 12.0 Å². The maximum Gasteiger partial charge on any atom is 0.256 e. The Balaban J connectivity index is 2.15. The summed E-state index contributed by atoms with van der Waals surface area (Å²) in [7, 11) is 1.59. The normalized spacial score (nSPS) is 18.3. The van der Waals surface area contributed by atoms with Gasteiger partial charge in [0.05, 0.1) is 17.1 Å². The van der Waals surface area contributed by atoms with Crippen LogP contribution in [0, 0.1) is 0 Å². The fourth-order valence-corrected chi connectivity index (χ4v) is 2.87. The van der Waals surface area contributed by atoms with Gasteiger partial charge in [0.2, 0.25) is 5.91 Å². The van der Waals surface area contributed by atoms with Crippen molar-refractivity contribution in [1.29, 1.82) is 0 Å². The number of nitrogens with zero attached hydrogens (tertiary/aromatic N) is 1. The highest BCUT2D eigenvalue weighted by atomic mass is 127. The molecule has 1 amide bonds. The highest BCUT2D eigenvalue weighted by molar-refractivity contribution is 14.1. The molecule has 0 aromatic heterocycles. The van der Waals surface area contributed by atoms with Crippen molar-refractivity contribution < 1.29 is 23.0 Å². The number of alkyl halides is 3. The lowest BCUT2D eigenvalue weighted by atomic mass is 10.0. The van der Waals surface area contributed by atoms with Crippen molar-refractivity contribution in [2.75, 3.05) is 26.9 Å². The average Bonchev–Trinajstić information content (AvgIpc) is 2.53. The predicted octanol–water partition coefficient (Wildman–Crippen LogP) is 3.35. The Labute approximate surface area is 147 Å². The summed E-state index contributed by atoms with van der Waals surface area (Å²) in [5, 5.41) is 0. The summed E-state index contributed by atoms with van der Waals surface area (Å²) in [5.41, 5.74) is 1.26. The minimum absolute atomic E-state index is 0.274. The number of rotatable bonds is 7. The Hall–Kier alpha value is -1.22. The fourth-order valence-electron chi connectivity index (χ4n) is 2.28. The second-order valence-electron chi connectivity index (χ2n) is 5.00. The molecule has 2 rings (SSSR count). The molecule has 1 atom stereocenters. The van der Waals surface area contributed by atoms with Crippen LogP contribution in [0.2, 0.25) is 0 Å². The largest absolute Gasteiger partial charge is 0.491 e. The number of carbonyl (C=O) groups excluding carboxylic acids is 1. The minimum Gasteiger partial charge on any atom is -0.491 e. The molecule has 23 heavy (non-hydrogen) atoms. The lowest BCUT2D eigenvalue weighted by molar-refractivity contribution is -0.128. The predicted molar refractivity (Wildman–Crippen MR) is 91.9 cm³/mol. The lowest BCUT2D eigenvalue weighted by Crippen LogP contribution is -2.40. The Bertz CT molecular complexity index is 563. The van der Waals surface area contributed by atoms with Crippen molar-refractivity contribution in [3.05, 3.63) is 35.9 Å². The quantitative estimate of drug-likeness (QED) is 0.373. The van der Waals surface area contributed by atoms with Gasteiger partial charge < -0.3 is 14.4 Å². The van der Waals surface area contributed by atoms with E-state index in [4.69, 9.17) is 9.47 Å². The van der Waals surface area contributed by atoms with Crippen molar-refractivity contribution >= 4 is 34.2 Å². The van der Waals surface area contributed by atoms with Gasteiger partial charge in [0.15, 0.2) is 0 Å². The SMILES string of the molecule is COCCOc1ccc(C2=CCC(I)C(=O)N2CC(F)F)cc1. The van der Waals surface area contributed by atoms with Crippen LogP contribution in [0.25, 0.3) is 5.70 Å². The molecule has 0 N–H and O–H groups in total. The minimum atomic E-state index is -2.57. The molecule has 1 aromatic rings. The highest BCUT2D eigenvalue weighted by Gasteiger charge is 2.31. The zero-order valence-corrected chi connectivity index (χ0v) is 14.8. The van der Waals surface area contributed by atoms with E-state index in [1.165, 1.54) is 4.90 Å². The second-order valence-corrected chi connectivity index (χ2v) is 6.50. The van der Waals surface area contributed by atoms with E-state index in [0.29, 0.717) is 31.1 Å². The third-order valence-corrected chi connectivity index (χ3v) is 4.41. The average molecular weight is 437 g/mol. The van der Waals surface area contributed by atoms with Gasteiger partial charge in [-0.15, -0.1) is 0 Å². The van der Waals surface area contributed by atoms with Gasteiger partial charge in [0, 0.05) is 12.8 Å². The second kappa shape index (κ2) is 8.58. The maximum absolute atomic E-state index is 12.8. The number of ether oxygens (including phenoxy) is 2. The van der Waals surface area contributed by atoms with E-state index in [-0.39, 0.29) is 9.83 Å². The Morgan fingerprint density at radius 3 is 2.61 bits per heavy atom. The van der Waals surface area contributed by atoms with Gasteiger partial charge in [0.1, 0.15) is 12.4 Å². The third kappa shape index (κ3) is 4.87. The summed E-state index contributed by atoms with van der Waals surface area (Å²) in [5.74, 6) is 0.393. The molecule has 0 spiro atoms. The first-order chi connectivity index (χ1) is 11.0. The van der Waals surface area contributed by atoms with Crippen LogP contribution in [-0.2, 0) is 9.53 Å². The van der Waals surface area contributed by atoms with E-state index in [1.807, 2.05) is 28.7 Å². The molecular formula is C16H18F2INO3. The van der Waals surface area contributed by atoms with Gasteiger partial charge in [0.25, 0.3) is 6.43 Å². The van der Waals surface area contributed by atoms with Crippen LogP contribution < -0.4 is 4.74 Å². The van der Waals surface area contributed by atoms with E-state index < -0.39 is 13.0 Å². The molecule has 0 saturated carbocycles. The molecule has 4 nitrogen and oxygen atoms in total. The molecule has 0 fully saturated rings. The van der Waals surface area contributed by atoms with Crippen molar-refractivity contribution in [3.8, 4) is 5.75 Å². The molecule has 0 aliphatic carbocycles. The van der Waals surface area contributed by atoms with E-state index in [1.54, 1.807) is 31.4 Å². The molecule has 126 valence electrons. The number of hydrogen-bond donors (Lipinski definition) is 0. The van der Waals surface area contributed by atoms with E-state index >= 15 is 0 Å². The van der Waals surface area contributed by atoms with Crippen LogP contribution in [0.15, 0.2) is 30.3 Å². The summed E-state index contributed by atoms with van der Waals surface area (Å²) >= 11 is 1.99. The van der Waals surface area contributed by atoms with E-state index in [0.717, 1.165) is 5.56 Å². The van der Waals surface area contributed by atoms with E-state index in [2.05, 4.69) is 0 Å². The van der Waals surface area contributed by atoms with Crippen LogP contribution in [-0.4, -0.2) is 48.0 Å². The van der Waals surface area contributed by atoms with Crippen LogP contribution in [0.5, 0.6) is 5.75 Å². The first kappa shape index (κ1) is 18.1. The first-order valence-corrected chi connectivity index (χ1v) is 8.43. The smallest absolute Gasteiger partial charge is 0.256 e. The fraction of sp³-hybridized carbons (Fsp3) is 0.438. The summed E-state index contributed by atoms with van der Waals surface area (Å²) in [6.45, 7) is 0.335. The molecule has 1 unspecified atom stereocenters. The van der Waals surface area contributed by atoms with Gasteiger partial charge in [-0.2, -0.15) is 0 Å². The number of methoxy groups -OCH3 is 1. The number of halogens is 3. The third-order valence-electron chi connectivity index (χ3n) is 3.37. The maximum atomic E-state index is 12.8. The van der Waals surface area contributed by atoms with Gasteiger partial charge >= 0.3 is 0 Å². The monoisotopic (exact) mass is 437 g/mol. The summed E-state index contributed by atoms with van der Waals surface area (Å²) in [6, 6.07) is 7.06. The molecule has 1 aliphatic rings. The molecule has 7 heteroatoms. The Morgan fingerprint density at radius 1 is 1.30 bits per heavy atom. The molecule has 1 aliphatic heterocycles. The number of carbonyl (C=O) groups is 1. The standard InChI is InChI=1S/C16H18F2INO3/c1-22-8-9-23-12-4-2-11(3-5-12)14-7-6-13(19)16(21)20(14)10-15(17)18/h2-5,7,13,15H,6,8-10H2,1H3. The van der Waals surface area contributed by atoms with E-state index in [9.17, 15) is 13.6 Å². The van der Waals surface area contributed by atoms with Crippen molar-refractivity contribution in [3.63, 3.8) is 0 Å².